The van der Waals surface area contributed by atoms with Crippen LogP contribution in [0.2, 0.25) is 0 Å². The van der Waals surface area contributed by atoms with Gasteiger partial charge in [0, 0.05) is 4.91 Å². The predicted molar refractivity (Wildman–Crippen MR) is 61.2 cm³/mol. The summed E-state index contributed by atoms with van der Waals surface area (Å²) in [7, 11) is 1.58. The van der Waals surface area contributed by atoms with E-state index in [1.807, 2.05) is 6.92 Å². The lowest BCUT2D eigenvalue weighted by Gasteiger charge is -2.17. The van der Waals surface area contributed by atoms with E-state index in [-0.39, 0.29) is 0 Å². The molecule has 0 unspecified atom stereocenters. The van der Waals surface area contributed by atoms with E-state index in [1.54, 1.807) is 31.4 Å². The minimum atomic E-state index is -0.771. The van der Waals surface area contributed by atoms with Crippen LogP contribution in [0, 0.1) is 0 Å². The van der Waals surface area contributed by atoms with E-state index in [0.29, 0.717) is 6.42 Å². The number of benzene rings is 1. The van der Waals surface area contributed by atoms with Crippen molar-refractivity contribution in [2.45, 2.75) is 25.5 Å². The molecule has 0 radical (unpaired) electrons. The first-order chi connectivity index (χ1) is 7.72. The summed E-state index contributed by atoms with van der Waals surface area (Å²) >= 11 is 0. The summed E-state index contributed by atoms with van der Waals surface area (Å²) < 4.78 is 5.02. The molecule has 0 aliphatic carbocycles. The van der Waals surface area contributed by atoms with Crippen molar-refractivity contribution in [1.29, 1.82) is 0 Å². The lowest BCUT2D eigenvalue weighted by atomic mass is 10.0. The molecule has 0 aromatic heterocycles. The van der Waals surface area contributed by atoms with Crippen LogP contribution in [-0.2, 0) is 0 Å². The van der Waals surface area contributed by atoms with Gasteiger partial charge >= 0.3 is 0 Å². The minimum absolute atomic E-state index is 0.432. The summed E-state index contributed by atoms with van der Waals surface area (Å²) in [6.45, 7) is 1.87. The summed E-state index contributed by atoms with van der Waals surface area (Å²) in [5.74, 6) is 0.729. The monoisotopic (exact) mass is 221 g/mol. The van der Waals surface area contributed by atoms with Crippen LogP contribution in [-0.4, -0.2) is 18.3 Å². The third-order valence-electron chi connectivity index (χ3n) is 2.44. The number of hydrogen-bond acceptors (Lipinski definition) is 3. The van der Waals surface area contributed by atoms with Crippen LogP contribution in [0.1, 0.15) is 25.0 Å². The van der Waals surface area contributed by atoms with Crippen LogP contribution < -0.4 is 4.74 Å². The fourth-order valence-electron chi connectivity index (χ4n) is 1.46. The molecule has 0 saturated heterocycles. The van der Waals surface area contributed by atoms with Gasteiger partial charge in [-0.3, -0.25) is 0 Å². The maximum atomic E-state index is 9.97. The normalized spacial score (nSPS) is 13.7. The molecule has 0 amide bonds. The fourth-order valence-corrected chi connectivity index (χ4v) is 1.46. The maximum absolute atomic E-state index is 9.97. The number of hydrogen-bond donors (Lipinski definition) is 1. The zero-order valence-electron chi connectivity index (χ0n) is 9.37. The molecular weight excluding hydrogens is 206 g/mol. The van der Waals surface area contributed by atoms with E-state index in [0.717, 1.165) is 11.3 Å². The first kappa shape index (κ1) is 12.4. The molecule has 0 saturated carbocycles. The second-order valence-corrected chi connectivity index (χ2v) is 3.40. The lowest BCUT2D eigenvalue weighted by molar-refractivity contribution is 0.144. The molecule has 0 heterocycles. The Balaban J connectivity index is 2.85. The molecule has 1 rings (SSSR count). The van der Waals surface area contributed by atoms with Gasteiger partial charge in [-0.15, -0.1) is 0 Å². The molecule has 1 aromatic rings. The fraction of sp³-hybridized carbons (Fsp3) is 0.455. The predicted octanol–water partition coefficient (Wildman–Crippen LogP) is 2.82. The van der Waals surface area contributed by atoms with Gasteiger partial charge in [0.05, 0.1) is 19.3 Å². The summed E-state index contributed by atoms with van der Waals surface area (Å²) in [4.78, 5) is 2.73. The summed E-state index contributed by atoms with van der Waals surface area (Å²) in [5.41, 5.74) is 9.10. The SMILES string of the molecule is CC[C@@H](N=[N+]=[N-])[C@@H](O)c1ccc(OC)cc1. The second kappa shape index (κ2) is 6.00. The third kappa shape index (κ3) is 2.89. The highest BCUT2D eigenvalue weighted by Gasteiger charge is 2.17. The van der Waals surface area contributed by atoms with Crippen molar-refractivity contribution in [3.05, 3.63) is 40.3 Å². The molecular formula is C11H15N3O2. The molecule has 5 nitrogen and oxygen atoms in total. The van der Waals surface area contributed by atoms with Crippen molar-refractivity contribution in [2.24, 2.45) is 5.11 Å². The maximum Gasteiger partial charge on any atom is 0.118 e. The number of ether oxygens (including phenoxy) is 1. The molecule has 2 atom stereocenters. The van der Waals surface area contributed by atoms with Crippen molar-refractivity contribution in [2.75, 3.05) is 7.11 Å². The highest BCUT2D eigenvalue weighted by molar-refractivity contribution is 5.29. The Morgan fingerprint density at radius 3 is 2.50 bits per heavy atom. The van der Waals surface area contributed by atoms with Crippen molar-refractivity contribution >= 4 is 0 Å². The Morgan fingerprint density at radius 1 is 1.44 bits per heavy atom. The van der Waals surface area contributed by atoms with E-state index in [1.165, 1.54) is 0 Å². The molecule has 5 heteroatoms. The van der Waals surface area contributed by atoms with Gasteiger partial charge < -0.3 is 9.84 Å². The zero-order valence-corrected chi connectivity index (χ0v) is 9.37. The standard InChI is InChI=1S/C11H15N3O2/c1-3-10(13-14-12)11(15)8-4-6-9(16-2)7-5-8/h4-7,10-11,15H,3H2,1-2H3/t10-,11+/m1/s1. The number of methoxy groups -OCH3 is 1. The average Bonchev–Trinajstić information content (AvgIpc) is 2.35. The van der Waals surface area contributed by atoms with Crippen molar-refractivity contribution in [3.8, 4) is 5.75 Å². The van der Waals surface area contributed by atoms with Gasteiger partial charge in [0.2, 0.25) is 0 Å². The number of rotatable bonds is 5. The van der Waals surface area contributed by atoms with Gasteiger partial charge in [-0.2, -0.15) is 0 Å². The van der Waals surface area contributed by atoms with E-state index in [9.17, 15) is 5.11 Å². The molecule has 0 aliphatic rings. The number of aliphatic hydroxyl groups is 1. The largest absolute Gasteiger partial charge is 0.497 e. The lowest BCUT2D eigenvalue weighted by Crippen LogP contribution is -2.14. The minimum Gasteiger partial charge on any atom is -0.497 e. The molecule has 0 aliphatic heterocycles. The molecule has 0 spiro atoms. The van der Waals surface area contributed by atoms with Gasteiger partial charge in [0.15, 0.2) is 0 Å². The van der Waals surface area contributed by atoms with E-state index in [4.69, 9.17) is 10.3 Å². The molecule has 1 N–H and O–H groups in total. The number of azide groups is 1. The Morgan fingerprint density at radius 2 is 2.06 bits per heavy atom. The van der Waals surface area contributed by atoms with Gasteiger partial charge in [0.25, 0.3) is 0 Å². The number of aliphatic hydroxyl groups excluding tert-OH is 1. The van der Waals surface area contributed by atoms with Crippen LogP contribution in [0.5, 0.6) is 5.75 Å². The van der Waals surface area contributed by atoms with Crippen molar-refractivity contribution in [1.82, 2.24) is 0 Å². The van der Waals surface area contributed by atoms with Crippen LogP contribution in [0.3, 0.4) is 0 Å². The summed E-state index contributed by atoms with van der Waals surface area (Å²) in [5, 5.41) is 13.5. The van der Waals surface area contributed by atoms with Gasteiger partial charge in [-0.1, -0.05) is 24.2 Å². The third-order valence-corrected chi connectivity index (χ3v) is 2.44. The van der Waals surface area contributed by atoms with Gasteiger partial charge in [0.1, 0.15) is 5.75 Å². The highest BCUT2D eigenvalue weighted by Crippen LogP contribution is 2.23. The van der Waals surface area contributed by atoms with Crippen LogP contribution in [0.15, 0.2) is 29.4 Å². The second-order valence-electron chi connectivity index (χ2n) is 3.40. The first-order valence-electron chi connectivity index (χ1n) is 5.09. The Kier molecular flexibility index (Phi) is 4.64. The van der Waals surface area contributed by atoms with Crippen molar-refractivity contribution in [3.63, 3.8) is 0 Å². The molecule has 0 bridgehead atoms. The average molecular weight is 221 g/mol. The molecule has 16 heavy (non-hydrogen) atoms. The molecule has 0 fully saturated rings. The quantitative estimate of drug-likeness (QED) is 0.471. The Bertz CT molecular complexity index is 371. The summed E-state index contributed by atoms with van der Waals surface area (Å²) in [6, 6.07) is 6.62. The topological polar surface area (TPSA) is 78.2 Å². The zero-order chi connectivity index (χ0) is 12.0. The van der Waals surface area contributed by atoms with Crippen molar-refractivity contribution < 1.29 is 9.84 Å². The molecule has 1 aromatic carbocycles. The van der Waals surface area contributed by atoms with Crippen LogP contribution >= 0.6 is 0 Å². The van der Waals surface area contributed by atoms with Crippen LogP contribution in [0.4, 0.5) is 0 Å². The van der Waals surface area contributed by atoms with Gasteiger partial charge in [-0.25, -0.2) is 0 Å². The molecule has 86 valence electrons. The van der Waals surface area contributed by atoms with E-state index >= 15 is 0 Å². The number of nitrogens with zero attached hydrogens (tertiary/aromatic N) is 3. The summed E-state index contributed by atoms with van der Waals surface area (Å²) in [6.07, 6.45) is -0.177. The Hall–Kier alpha value is -1.71. The smallest absolute Gasteiger partial charge is 0.118 e. The van der Waals surface area contributed by atoms with E-state index < -0.39 is 12.1 Å². The van der Waals surface area contributed by atoms with Gasteiger partial charge in [-0.05, 0) is 29.6 Å². The highest BCUT2D eigenvalue weighted by atomic mass is 16.5. The Labute approximate surface area is 94.3 Å². The first-order valence-corrected chi connectivity index (χ1v) is 5.09. The van der Waals surface area contributed by atoms with Crippen LogP contribution in [0.25, 0.3) is 10.4 Å². The van der Waals surface area contributed by atoms with E-state index in [2.05, 4.69) is 10.0 Å².